The van der Waals surface area contributed by atoms with Crippen molar-refractivity contribution in [2.45, 2.75) is 19.8 Å². The van der Waals surface area contributed by atoms with E-state index >= 15 is 0 Å². The maximum Gasteiger partial charge on any atom is 0.250 e. The van der Waals surface area contributed by atoms with E-state index in [0.29, 0.717) is 17.6 Å². The van der Waals surface area contributed by atoms with Gasteiger partial charge in [-0.15, -0.1) is 5.10 Å². The Hall–Kier alpha value is -3.61. The van der Waals surface area contributed by atoms with Crippen LogP contribution in [0.5, 0.6) is 0 Å². The van der Waals surface area contributed by atoms with Crippen molar-refractivity contribution in [2.24, 2.45) is 7.05 Å². The van der Waals surface area contributed by atoms with Gasteiger partial charge in [0.15, 0.2) is 5.82 Å². The van der Waals surface area contributed by atoms with Gasteiger partial charge in [0.2, 0.25) is 0 Å². The lowest BCUT2D eigenvalue weighted by molar-refractivity contribution is 0.843. The van der Waals surface area contributed by atoms with E-state index in [0.717, 1.165) is 27.9 Å². The van der Waals surface area contributed by atoms with Crippen molar-refractivity contribution < 1.29 is 0 Å². The molecule has 4 aromatic rings. The molecule has 140 valence electrons. The summed E-state index contributed by atoms with van der Waals surface area (Å²) in [6, 6.07) is 12.8. The molecule has 0 aromatic carbocycles. The lowest BCUT2D eigenvalue weighted by Crippen LogP contribution is -2.17. The molecule has 1 N–H and O–H groups in total. The van der Waals surface area contributed by atoms with Crippen LogP contribution in [0.25, 0.3) is 22.3 Å². The first-order chi connectivity index (χ1) is 13.5. The molecule has 7 nitrogen and oxygen atoms in total. The topological polar surface area (TPSA) is 85.6 Å². The fraction of sp³-hybridized carbons (Fsp3) is 0.190. The number of aromatic nitrogens is 5. The second-order valence-corrected chi connectivity index (χ2v) is 6.89. The molecule has 0 aliphatic rings. The van der Waals surface area contributed by atoms with E-state index in [-0.39, 0.29) is 5.56 Å². The van der Waals surface area contributed by atoms with Gasteiger partial charge in [0.05, 0.1) is 22.9 Å². The highest BCUT2D eigenvalue weighted by Gasteiger charge is 2.14. The Balaban J connectivity index is 1.90. The van der Waals surface area contributed by atoms with Gasteiger partial charge in [-0.1, -0.05) is 19.9 Å². The van der Waals surface area contributed by atoms with Crippen LogP contribution < -0.4 is 10.9 Å². The van der Waals surface area contributed by atoms with Crippen LogP contribution in [0.1, 0.15) is 25.3 Å². The molecule has 0 aliphatic carbocycles. The van der Waals surface area contributed by atoms with E-state index in [1.165, 1.54) is 6.07 Å². The third-order valence-electron chi connectivity index (χ3n) is 4.63. The molecule has 0 aliphatic heterocycles. The molecule has 0 fully saturated rings. The van der Waals surface area contributed by atoms with Crippen LogP contribution in [0.4, 0.5) is 11.6 Å². The van der Waals surface area contributed by atoms with Crippen LogP contribution in [-0.4, -0.2) is 24.7 Å². The number of rotatable bonds is 4. The molecular weight excluding hydrogens is 352 g/mol. The van der Waals surface area contributed by atoms with E-state index in [9.17, 15) is 4.79 Å². The minimum absolute atomic E-state index is 0.0915. The van der Waals surface area contributed by atoms with E-state index in [2.05, 4.69) is 34.3 Å². The summed E-state index contributed by atoms with van der Waals surface area (Å²) in [5.74, 6) is 1.53. The first kappa shape index (κ1) is 17.8. The highest BCUT2D eigenvalue weighted by atomic mass is 16.1. The number of nitrogens with one attached hydrogen (secondary N) is 1. The average Bonchev–Trinajstić information content (AvgIpc) is 2.70. The number of hydrogen-bond donors (Lipinski definition) is 1. The Kier molecular flexibility index (Phi) is 4.57. The zero-order valence-corrected chi connectivity index (χ0v) is 15.9. The zero-order valence-electron chi connectivity index (χ0n) is 15.9. The van der Waals surface area contributed by atoms with Gasteiger partial charge in [0.1, 0.15) is 5.82 Å². The predicted molar refractivity (Wildman–Crippen MR) is 110 cm³/mol. The summed E-state index contributed by atoms with van der Waals surface area (Å²) in [6.07, 6.45) is 3.48. The molecule has 4 heterocycles. The highest BCUT2D eigenvalue weighted by Crippen LogP contribution is 2.30. The summed E-state index contributed by atoms with van der Waals surface area (Å²) in [6.45, 7) is 4.21. The molecule has 0 atom stereocenters. The SMILES string of the molecule is CC(C)c1cnnc(Nc2nc3cccnc3cc2-c2cccc(=O)n2C)c1. The van der Waals surface area contributed by atoms with E-state index in [1.807, 2.05) is 30.3 Å². The van der Waals surface area contributed by atoms with E-state index < -0.39 is 0 Å². The predicted octanol–water partition coefficient (Wildman–Crippen LogP) is 3.65. The molecule has 0 saturated heterocycles. The van der Waals surface area contributed by atoms with Crippen molar-refractivity contribution >= 4 is 22.7 Å². The van der Waals surface area contributed by atoms with Crippen molar-refractivity contribution in [3.8, 4) is 11.3 Å². The lowest BCUT2D eigenvalue weighted by atomic mass is 10.1. The van der Waals surface area contributed by atoms with E-state index in [4.69, 9.17) is 4.98 Å². The fourth-order valence-corrected chi connectivity index (χ4v) is 3.01. The Morgan fingerprint density at radius 1 is 1.07 bits per heavy atom. The Labute approximate surface area is 162 Å². The molecule has 0 spiro atoms. The van der Waals surface area contributed by atoms with Gasteiger partial charge in [-0.25, -0.2) is 4.98 Å². The standard InChI is InChI=1S/C21H20N6O/c1-13(2)14-10-19(26-23-12-14)25-21-15(18-7-4-8-20(28)27(18)3)11-17-16(24-21)6-5-9-22-17/h4-13H,1-3H3,(H,24,25,26). The second-order valence-electron chi connectivity index (χ2n) is 6.89. The Bertz CT molecular complexity index is 1210. The minimum Gasteiger partial charge on any atom is -0.323 e. The summed E-state index contributed by atoms with van der Waals surface area (Å²) in [5, 5.41) is 11.6. The summed E-state index contributed by atoms with van der Waals surface area (Å²) in [5.41, 5.74) is 4.00. The summed E-state index contributed by atoms with van der Waals surface area (Å²) >= 11 is 0. The van der Waals surface area contributed by atoms with Crippen molar-refractivity contribution in [3.05, 3.63) is 70.8 Å². The van der Waals surface area contributed by atoms with Gasteiger partial charge in [-0.05, 0) is 41.8 Å². The summed E-state index contributed by atoms with van der Waals surface area (Å²) in [4.78, 5) is 21.3. The van der Waals surface area contributed by atoms with Gasteiger partial charge in [-0.2, -0.15) is 5.10 Å². The molecule has 7 heteroatoms. The van der Waals surface area contributed by atoms with Crippen molar-refractivity contribution in [1.82, 2.24) is 24.7 Å². The molecule has 0 amide bonds. The second kappa shape index (κ2) is 7.19. The summed E-state index contributed by atoms with van der Waals surface area (Å²) < 4.78 is 1.59. The van der Waals surface area contributed by atoms with Crippen LogP contribution in [0.15, 0.2) is 59.7 Å². The van der Waals surface area contributed by atoms with Gasteiger partial charge < -0.3 is 9.88 Å². The smallest absolute Gasteiger partial charge is 0.250 e. The molecule has 28 heavy (non-hydrogen) atoms. The number of nitrogens with zero attached hydrogens (tertiary/aromatic N) is 5. The molecule has 0 unspecified atom stereocenters. The maximum atomic E-state index is 12.2. The summed E-state index contributed by atoms with van der Waals surface area (Å²) in [7, 11) is 1.74. The molecular formula is C21H20N6O. The number of pyridine rings is 3. The lowest BCUT2D eigenvalue weighted by Gasteiger charge is -2.15. The van der Waals surface area contributed by atoms with Crippen LogP contribution in [0.2, 0.25) is 0 Å². The molecule has 4 rings (SSSR count). The third-order valence-corrected chi connectivity index (χ3v) is 4.63. The largest absolute Gasteiger partial charge is 0.323 e. The van der Waals surface area contributed by atoms with Crippen LogP contribution in [-0.2, 0) is 7.05 Å². The van der Waals surface area contributed by atoms with Crippen molar-refractivity contribution in [1.29, 1.82) is 0 Å². The third kappa shape index (κ3) is 3.34. The monoisotopic (exact) mass is 372 g/mol. The minimum atomic E-state index is -0.0915. The molecule has 4 aromatic heterocycles. The van der Waals surface area contributed by atoms with E-state index in [1.54, 1.807) is 30.1 Å². The van der Waals surface area contributed by atoms with Gasteiger partial charge in [0, 0.05) is 24.9 Å². The van der Waals surface area contributed by atoms with Crippen LogP contribution in [0.3, 0.4) is 0 Å². The first-order valence-corrected chi connectivity index (χ1v) is 9.05. The zero-order chi connectivity index (χ0) is 19.7. The Morgan fingerprint density at radius 2 is 1.93 bits per heavy atom. The normalized spacial score (nSPS) is 11.1. The highest BCUT2D eigenvalue weighted by molar-refractivity contribution is 5.87. The van der Waals surface area contributed by atoms with Gasteiger partial charge in [0.25, 0.3) is 5.56 Å². The molecule has 0 radical (unpaired) electrons. The first-order valence-electron chi connectivity index (χ1n) is 9.05. The number of anilines is 2. The molecule has 0 saturated carbocycles. The van der Waals surface area contributed by atoms with Gasteiger partial charge in [-0.3, -0.25) is 9.78 Å². The number of fused-ring (bicyclic) bond motifs is 1. The van der Waals surface area contributed by atoms with Crippen molar-refractivity contribution in [2.75, 3.05) is 5.32 Å². The fourth-order valence-electron chi connectivity index (χ4n) is 3.01. The van der Waals surface area contributed by atoms with Crippen molar-refractivity contribution in [3.63, 3.8) is 0 Å². The maximum absolute atomic E-state index is 12.2. The quantitative estimate of drug-likeness (QED) is 0.588. The van der Waals surface area contributed by atoms with Crippen LogP contribution in [0, 0.1) is 0 Å². The van der Waals surface area contributed by atoms with Gasteiger partial charge >= 0.3 is 0 Å². The Morgan fingerprint density at radius 3 is 2.75 bits per heavy atom. The average molecular weight is 372 g/mol. The molecule has 0 bridgehead atoms. The number of hydrogen-bond acceptors (Lipinski definition) is 6. The van der Waals surface area contributed by atoms with Crippen LogP contribution >= 0.6 is 0 Å².